The molecule has 11 rings (SSSR count). The number of thiophene rings is 4. The van der Waals surface area contributed by atoms with E-state index in [4.69, 9.17) is 0 Å². The number of rotatable bonds is 28. The van der Waals surface area contributed by atoms with Crippen LogP contribution in [-0.4, -0.2) is 0 Å². The Morgan fingerprint density at radius 1 is 0.235 bits per heavy atom. The maximum absolute atomic E-state index is 2.67. The molecule has 0 saturated carbocycles. The normalized spacial score (nSPS) is 12.9. The molecule has 0 aliphatic rings. The van der Waals surface area contributed by atoms with Crippen molar-refractivity contribution in [1.82, 2.24) is 0 Å². The van der Waals surface area contributed by atoms with Crippen LogP contribution >= 0.6 is 45.3 Å². The first-order valence-corrected chi connectivity index (χ1v) is 31.3. The highest BCUT2D eigenvalue weighted by atomic mass is 32.1. The molecule has 4 aromatic heterocycles. The Labute approximate surface area is 422 Å². The van der Waals surface area contributed by atoms with Crippen molar-refractivity contribution < 1.29 is 0 Å². The van der Waals surface area contributed by atoms with Gasteiger partial charge in [0.05, 0.1) is 0 Å². The molecule has 7 aromatic carbocycles. The van der Waals surface area contributed by atoms with Gasteiger partial charge in [-0.25, -0.2) is 0 Å². The van der Waals surface area contributed by atoms with Crippen LogP contribution in [0.4, 0.5) is 0 Å². The Bertz CT molecular complexity index is 2970. The van der Waals surface area contributed by atoms with Gasteiger partial charge in [-0.2, -0.15) is 0 Å². The van der Waals surface area contributed by atoms with Crippen LogP contribution < -0.4 is 0 Å². The molecule has 68 heavy (non-hydrogen) atoms. The lowest BCUT2D eigenvalue weighted by atomic mass is 9.80. The molecule has 0 spiro atoms. The second-order valence-corrected chi connectivity index (χ2v) is 25.8. The van der Waals surface area contributed by atoms with E-state index in [9.17, 15) is 0 Å². The van der Waals surface area contributed by atoms with Crippen molar-refractivity contribution in [3.63, 3.8) is 0 Å². The van der Waals surface area contributed by atoms with Crippen LogP contribution in [0.1, 0.15) is 201 Å². The van der Waals surface area contributed by atoms with E-state index in [0.29, 0.717) is 0 Å². The summed E-state index contributed by atoms with van der Waals surface area (Å²) in [6, 6.07) is 21.0. The van der Waals surface area contributed by atoms with Crippen molar-refractivity contribution in [3.05, 3.63) is 68.0 Å². The third kappa shape index (κ3) is 8.60. The fraction of sp³-hybridized carbons (Fsp3) is 0.500. The minimum absolute atomic E-state index is 1.20. The van der Waals surface area contributed by atoms with Crippen LogP contribution in [0.3, 0.4) is 0 Å². The van der Waals surface area contributed by atoms with Crippen molar-refractivity contribution in [3.8, 4) is 0 Å². The summed E-state index contributed by atoms with van der Waals surface area (Å²) >= 11 is 8.60. The lowest BCUT2D eigenvalue weighted by Gasteiger charge is -2.23. The summed E-state index contributed by atoms with van der Waals surface area (Å²) in [6.45, 7) is 9.33. The quantitative estimate of drug-likeness (QED) is 0.0261. The number of hydrogen-bond donors (Lipinski definition) is 0. The molecule has 0 atom stereocenters. The molecular weight excluding hydrogens is 897 g/mol. The van der Waals surface area contributed by atoms with Gasteiger partial charge in [0, 0.05) is 81.4 Å². The van der Waals surface area contributed by atoms with Crippen LogP contribution in [0.5, 0.6) is 0 Å². The zero-order chi connectivity index (χ0) is 46.1. The standard InChI is InChI=1S/C64H76S4/c1-5-9-13-17-21-25-29-41-37-49-45-33-34-46-51-39-43(31-27-23-19-15-11-7-3)67-63(51)60-58-54(46)53(45)57-55-47(50-38-42(30-26-22-18-14-10-6-2)66-62(50)59(57)61(49)65-41)35-36-48(56(55)58)52-40-44(68-64(52)60)32-28-24-20-16-12-8-4/h33-40H,5-32H2,1-4H3. The summed E-state index contributed by atoms with van der Waals surface area (Å²) in [4.78, 5) is 6.36. The summed E-state index contributed by atoms with van der Waals surface area (Å²) in [5.41, 5.74) is 0. The lowest BCUT2D eigenvalue weighted by molar-refractivity contribution is 0.609. The Morgan fingerprint density at radius 3 is 0.691 bits per heavy atom. The highest BCUT2D eigenvalue weighted by molar-refractivity contribution is 7.24. The number of hydrogen-bond acceptors (Lipinski definition) is 4. The van der Waals surface area contributed by atoms with Gasteiger partial charge in [-0.1, -0.05) is 180 Å². The van der Waals surface area contributed by atoms with Gasteiger partial charge in [0.2, 0.25) is 0 Å². The maximum atomic E-state index is 2.67. The highest BCUT2D eigenvalue weighted by Crippen LogP contribution is 2.59. The molecule has 0 aliphatic heterocycles. The van der Waals surface area contributed by atoms with E-state index in [0.717, 1.165) is 0 Å². The van der Waals surface area contributed by atoms with Crippen LogP contribution in [0.25, 0.3) is 105 Å². The molecule has 0 nitrogen and oxygen atoms in total. The molecule has 11 aromatic rings. The summed E-state index contributed by atoms with van der Waals surface area (Å²) in [5, 5.41) is 24.6. The number of fused-ring (bicyclic) bond motifs is 12. The molecule has 0 N–H and O–H groups in total. The SMILES string of the molecule is CCCCCCCCc1cc2c3ccc4c5cc(CCCCCCCC)sc5c5c6sc(CCCCCCCC)cc6c6ccc7c8cc(CCCCCCCC)sc8c(c2s1)c1c3c4c5c6c71. The molecule has 0 fully saturated rings. The van der Waals surface area contributed by atoms with Gasteiger partial charge in [0.1, 0.15) is 0 Å². The summed E-state index contributed by atoms with van der Waals surface area (Å²) in [5.74, 6) is 0. The first-order valence-electron chi connectivity index (χ1n) is 28.0. The summed E-state index contributed by atoms with van der Waals surface area (Å²) < 4.78 is 6.22. The fourth-order valence-corrected chi connectivity index (χ4v) is 17.9. The summed E-state index contributed by atoms with van der Waals surface area (Å²) in [6.07, 6.45) is 37.2. The van der Waals surface area contributed by atoms with Crippen LogP contribution in [-0.2, 0) is 25.7 Å². The van der Waals surface area contributed by atoms with Crippen molar-refractivity contribution in [2.24, 2.45) is 0 Å². The van der Waals surface area contributed by atoms with E-state index in [-0.39, 0.29) is 0 Å². The van der Waals surface area contributed by atoms with Gasteiger partial charge in [-0.05, 0) is 119 Å². The molecule has 0 unspecified atom stereocenters. The van der Waals surface area contributed by atoms with Crippen LogP contribution in [0, 0.1) is 0 Å². The average Bonchev–Trinajstić information content (AvgIpc) is 4.18. The van der Waals surface area contributed by atoms with Crippen molar-refractivity contribution in [2.45, 2.75) is 207 Å². The second-order valence-electron chi connectivity index (χ2n) is 21.2. The molecule has 0 amide bonds. The highest BCUT2D eigenvalue weighted by Gasteiger charge is 2.30. The van der Waals surface area contributed by atoms with E-state index in [1.54, 1.807) is 81.4 Å². The van der Waals surface area contributed by atoms with Gasteiger partial charge >= 0.3 is 0 Å². The van der Waals surface area contributed by atoms with Crippen molar-refractivity contribution in [2.75, 3.05) is 0 Å². The zero-order valence-corrected chi connectivity index (χ0v) is 45.3. The smallest absolute Gasteiger partial charge is 0.0445 e. The first kappa shape index (κ1) is 47.1. The first-order chi connectivity index (χ1) is 33.6. The van der Waals surface area contributed by atoms with Crippen molar-refractivity contribution >= 4 is 150 Å². The molecule has 0 aliphatic carbocycles. The van der Waals surface area contributed by atoms with E-state index in [1.807, 2.05) is 0 Å². The van der Waals surface area contributed by atoms with Crippen LogP contribution in [0.2, 0.25) is 0 Å². The predicted octanol–water partition coefficient (Wildman–Crippen LogP) is 23.4. The average molecular weight is 974 g/mol. The topological polar surface area (TPSA) is 0 Å². The number of unbranched alkanes of at least 4 members (excludes halogenated alkanes) is 20. The third-order valence-electron chi connectivity index (χ3n) is 16.2. The van der Waals surface area contributed by atoms with Crippen molar-refractivity contribution in [1.29, 1.82) is 0 Å². The van der Waals surface area contributed by atoms with Crippen LogP contribution in [0.15, 0.2) is 48.5 Å². The molecule has 0 bridgehead atoms. The molecule has 356 valence electrons. The molecule has 4 heteroatoms. The number of aryl methyl sites for hydroxylation is 4. The fourth-order valence-electron chi connectivity index (χ4n) is 12.7. The van der Waals surface area contributed by atoms with Gasteiger partial charge in [-0.15, -0.1) is 45.3 Å². The van der Waals surface area contributed by atoms with Gasteiger partial charge in [0.15, 0.2) is 0 Å². The Kier molecular flexibility index (Phi) is 14.7. The van der Waals surface area contributed by atoms with E-state index < -0.39 is 0 Å². The van der Waals surface area contributed by atoms with E-state index in [2.05, 4.69) is 122 Å². The minimum Gasteiger partial charge on any atom is -0.140 e. The monoisotopic (exact) mass is 972 g/mol. The molecule has 0 saturated heterocycles. The van der Waals surface area contributed by atoms with Gasteiger partial charge in [-0.3, -0.25) is 0 Å². The van der Waals surface area contributed by atoms with E-state index in [1.165, 1.54) is 223 Å². The minimum atomic E-state index is 1.20. The molecular formula is C64H76S4. The van der Waals surface area contributed by atoms with Gasteiger partial charge < -0.3 is 0 Å². The second kappa shape index (κ2) is 21.2. The van der Waals surface area contributed by atoms with E-state index >= 15 is 0 Å². The maximum Gasteiger partial charge on any atom is 0.0445 e. The van der Waals surface area contributed by atoms with Gasteiger partial charge in [0.25, 0.3) is 0 Å². The molecule has 0 radical (unpaired) electrons. The third-order valence-corrected chi connectivity index (χ3v) is 21.1. The predicted molar refractivity (Wildman–Crippen MR) is 315 cm³/mol. The summed E-state index contributed by atoms with van der Waals surface area (Å²) in [7, 11) is 0. The number of benzene rings is 7. The molecule has 4 heterocycles. The Balaban J connectivity index is 1.16. The Hall–Kier alpha value is -3.28. The lowest BCUT2D eigenvalue weighted by Crippen LogP contribution is -1.94. The zero-order valence-electron chi connectivity index (χ0n) is 42.1. The largest absolute Gasteiger partial charge is 0.140 e. The Morgan fingerprint density at radius 2 is 0.456 bits per heavy atom.